The number of aryl methyl sites for hydroxylation is 1. The standard InChI is InChI=1S/C19H28NOPSi/c1-14-7-10-18(15(11-14)13-20(2)3)22-19-12-16(23(4,5)6)8-9-17(19)21/h7-12,21-22H,13H2,1-6H3. The molecular weight excluding hydrogens is 317 g/mol. The molecular formula is C19H28NOPSi. The molecule has 1 unspecified atom stereocenters. The van der Waals surface area contributed by atoms with Crippen LogP contribution in [0.15, 0.2) is 36.4 Å². The monoisotopic (exact) mass is 345 g/mol. The average Bonchev–Trinajstić information content (AvgIpc) is 2.42. The number of hydrogen-bond donors (Lipinski definition) is 1. The maximum Gasteiger partial charge on any atom is 0.123 e. The van der Waals surface area contributed by atoms with E-state index < -0.39 is 8.07 Å². The van der Waals surface area contributed by atoms with Crippen LogP contribution < -0.4 is 15.8 Å². The molecule has 0 aromatic heterocycles. The third-order valence-electron chi connectivity index (χ3n) is 3.88. The molecule has 2 rings (SSSR count). The summed E-state index contributed by atoms with van der Waals surface area (Å²) in [5, 5.41) is 14.1. The molecule has 0 saturated heterocycles. The SMILES string of the molecule is Cc1ccc(Pc2cc([Si](C)(C)C)ccc2O)c(CN(C)C)c1. The molecule has 0 heterocycles. The summed E-state index contributed by atoms with van der Waals surface area (Å²) >= 11 is 0. The van der Waals surface area contributed by atoms with Crippen molar-refractivity contribution in [3.8, 4) is 5.75 Å². The fraction of sp³-hybridized carbons (Fsp3) is 0.368. The van der Waals surface area contributed by atoms with Crippen molar-refractivity contribution in [2.24, 2.45) is 0 Å². The Balaban J connectivity index is 2.39. The van der Waals surface area contributed by atoms with Crippen LogP contribution in [0.2, 0.25) is 19.6 Å². The van der Waals surface area contributed by atoms with Crippen LogP contribution >= 0.6 is 8.58 Å². The third kappa shape index (κ3) is 4.91. The smallest absolute Gasteiger partial charge is 0.123 e. The molecule has 0 amide bonds. The Morgan fingerprint density at radius 1 is 1.00 bits per heavy atom. The summed E-state index contributed by atoms with van der Waals surface area (Å²) in [6, 6.07) is 12.8. The van der Waals surface area contributed by atoms with Crippen LogP contribution in [0.3, 0.4) is 0 Å². The lowest BCUT2D eigenvalue weighted by molar-refractivity contribution is 0.403. The molecule has 1 atom stereocenters. The number of phenolic OH excluding ortho intramolecular Hbond substituents is 1. The minimum atomic E-state index is -1.37. The van der Waals surface area contributed by atoms with Gasteiger partial charge in [-0.05, 0) is 38.0 Å². The minimum absolute atomic E-state index is 0.418. The van der Waals surface area contributed by atoms with E-state index in [0.717, 1.165) is 11.8 Å². The highest BCUT2D eigenvalue weighted by Crippen LogP contribution is 2.21. The normalized spacial score (nSPS) is 12.5. The molecule has 23 heavy (non-hydrogen) atoms. The second-order valence-corrected chi connectivity index (χ2v) is 13.9. The van der Waals surface area contributed by atoms with Gasteiger partial charge in [0.05, 0.1) is 8.07 Å². The van der Waals surface area contributed by atoms with Gasteiger partial charge in [-0.2, -0.15) is 0 Å². The lowest BCUT2D eigenvalue weighted by Crippen LogP contribution is -2.38. The molecule has 4 heteroatoms. The van der Waals surface area contributed by atoms with Crippen molar-refractivity contribution in [1.29, 1.82) is 0 Å². The summed E-state index contributed by atoms with van der Waals surface area (Å²) in [7, 11) is 3.31. The van der Waals surface area contributed by atoms with E-state index in [1.165, 1.54) is 21.6 Å². The molecule has 2 aromatic rings. The summed E-state index contributed by atoms with van der Waals surface area (Å²) in [5.41, 5.74) is 2.64. The Labute approximate surface area is 143 Å². The van der Waals surface area contributed by atoms with Crippen molar-refractivity contribution >= 4 is 32.5 Å². The fourth-order valence-corrected chi connectivity index (χ4v) is 5.08. The predicted molar refractivity (Wildman–Crippen MR) is 107 cm³/mol. The highest BCUT2D eigenvalue weighted by atomic mass is 31.1. The first-order valence-corrected chi connectivity index (χ1v) is 12.5. The average molecular weight is 345 g/mol. The van der Waals surface area contributed by atoms with Crippen molar-refractivity contribution < 1.29 is 5.11 Å². The molecule has 124 valence electrons. The first kappa shape index (κ1) is 18.2. The van der Waals surface area contributed by atoms with Crippen LogP contribution in [-0.2, 0) is 6.54 Å². The van der Waals surface area contributed by atoms with Gasteiger partial charge in [0, 0.05) is 11.8 Å². The molecule has 0 aliphatic carbocycles. The summed E-state index contributed by atoms with van der Waals surface area (Å²) in [5.74, 6) is 0.418. The molecule has 2 aromatic carbocycles. The van der Waals surface area contributed by atoms with Crippen LogP contribution in [0, 0.1) is 6.92 Å². The van der Waals surface area contributed by atoms with Crippen LogP contribution in [0.1, 0.15) is 11.1 Å². The van der Waals surface area contributed by atoms with E-state index in [1.54, 1.807) is 0 Å². The fourth-order valence-electron chi connectivity index (χ4n) is 2.56. The van der Waals surface area contributed by atoms with E-state index in [1.807, 2.05) is 6.07 Å². The Hall–Kier alpha value is -1.15. The van der Waals surface area contributed by atoms with Gasteiger partial charge in [-0.15, -0.1) is 0 Å². The zero-order valence-electron chi connectivity index (χ0n) is 15.1. The number of aromatic hydroxyl groups is 1. The summed E-state index contributed by atoms with van der Waals surface area (Å²) in [6.07, 6.45) is 0. The Bertz CT molecular complexity index is 692. The lowest BCUT2D eigenvalue weighted by atomic mass is 10.1. The van der Waals surface area contributed by atoms with E-state index in [0.29, 0.717) is 14.3 Å². The molecule has 0 bridgehead atoms. The van der Waals surface area contributed by atoms with Gasteiger partial charge < -0.3 is 10.0 Å². The quantitative estimate of drug-likeness (QED) is 0.665. The van der Waals surface area contributed by atoms with Gasteiger partial charge in [-0.3, -0.25) is 0 Å². The van der Waals surface area contributed by atoms with Gasteiger partial charge in [0.2, 0.25) is 0 Å². The van der Waals surface area contributed by atoms with Crippen LogP contribution in [0.4, 0.5) is 0 Å². The Morgan fingerprint density at radius 2 is 1.70 bits per heavy atom. The first-order valence-electron chi connectivity index (χ1n) is 8.01. The number of hydrogen-bond acceptors (Lipinski definition) is 2. The number of phenols is 1. The maximum atomic E-state index is 10.3. The van der Waals surface area contributed by atoms with Gasteiger partial charge in [-0.25, -0.2) is 0 Å². The third-order valence-corrected chi connectivity index (χ3v) is 7.35. The molecule has 0 spiro atoms. The van der Waals surface area contributed by atoms with Gasteiger partial charge >= 0.3 is 0 Å². The van der Waals surface area contributed by atoms with Crippen molar-refractivity contribution in [3.05, 3.63) is 47.5 Å². The number of nitrogens with zero attached hydrogens (tertiary/aromatic N) is 1. The largest absolute Gasteiger partial charge is 0.507 e. The van der Waals surface area contributed by atoms with E-state index in [9.17, 15) is 5.11 Å². The molecule has 0 aliphatic rings. The molecule has 1 N–H and O–H groups in total. The summed E-state index contributed by atoms with van der Waals surface area (Å²) in [6.45, 7) is 10.1. The predicted octanol–water partition coefficient (Wildman–Crippen LogP) is 2.94. The first-order chi connectivity index (χ1) is 10.7. The molecule has 0 saturated carbocycles. The van der Waals surface area contributed by atoms with Crippen LogP contribution in [-0.4, -0.2) is 32.2 Å². The lowest BCUT2D eigenvalue weighted by Gasteiger charge is -2.19. The van der Waals surface area contributed by atoms with Gasteiger partial charge in [0.25, 0.3) is 0 Å². The van der Waals surface area contributed by atoms with Gasteiger partial charge in [0.1, 0.15) is 5.75 Å². The van der Waals surface area contributed by atoms with Crippen LogP contribution in [0.5, 0.6) is 5.75 Å². The van der Waals surface area contributed by atoms with Crippen LogP contribution in [0.25, 0.3) is 0 Å². The molecule has 0 fully saturated rings. The molecule has 0 radical (unpaired) electrons. The summed E-state index contributed by atoms with van der Waals surface area (Å²) < 4.78 is 0. The zero-order chi connectivity index (χ0) is 17.2. The zero-order valence-corrected chi connectivity index (χ0v) is 17.1. The highest BCUT2D eigenvalue weighted by molar-refractivity contribution is 7.56. The van der Waals surface area contributed by atoms with Crippen molar-refractivity contribution in [2.75, 3.05) is 14.1 Å². The second-order valence-electron chi connectivity index (χ2n) is 7.51. The van der Waals surface area contributed by atoms with E-state index >= 15 is 0 Å². The van der Waals surface area contributed by atoms with E-state index in [-0.39, 0.29) is 0 Å². The minimum Gasteiger partial charge on any atom is -0.507 e. The molecule has 2 nitrogen and oxygen atoms in total. The van der Waals surface area contributed by atoms with Crippen molar-refractivity contribution in [1.82, 2.24) is 4.90 Å². The maximum absolute atomic E-state index is 10.3. The van der Waals surface area contributed by atoms with Crippen molar-refractivity contribution in [2.45, 2.75) is 33.1 Å². The Morgan fingerprint density at radius 3 is 2.30 bits per heavy atom. The van der Waals surface area contributed by atoms with Gasteiger partial charge in [-0.1, -0.05) is 69.3 Å². The topological polar surface area (TPSA) is 23.5 Å². The number of benzene rings is 2. The van der Waals surface area contributed by atoms with E-state index in [4.69, 9.17) is 0 Å². The second kappa shape index (κ2) is 7.17. The highest BCUT2D eigenvalue weighted by Gasteiger charge is 2.18. The summed E-state index contributed by atoms with van der Waals surface area (Å²) in [4.78, 5) is 2.20. The molecule has 0 aliphatic heterocycles. The van der Waals surface area contributed by atoms with Crippen molar-refractivity contribution in [3.63, 3.8) is 0 Å². The Kier molecular flexibility index (Phi) is 5.67. The van der Waals surface area contributed by atoms with E-state index in [2.05, 4.69) is 75.9 Å². The van der Waals surface area contributed by atoms with Gasteiger partial charge in [0.15, 0.2) is 0 Å². The number of rotatable bonds is 5.